The number of amides is 3. The minimum Gasteiger partial charge on any atom is -0.387 e. The second-order valence-corrected chi connectivity index (χ2v) is 7.96. The molecule has 2 aliphatic heterocycles. The third kappa shape index (κ3) is 4.38. The minimum absolute atomic E-state index is 0.113. The fraction of sp³-hybridized carbons (Fsp3) is 0.500. The fourth-order valence-electron chi connectivity index (χ4n) is 3.30. The van der Waals surface area contributed by atoms with E-state index in [0.29, 0.717) is 5.56 Å². The largest absolute Gasteiger partial charge is 0.387 e. The highest BCUT2D eigenvalue weighted by atomic mass is 32.2. The van der Waals surface area contributed by atoms with Gasteiger partial charge in [-0.15, -0.1) is 11.8 Å². The summed E-state index contributed by atoms with van der Waals surface area (Å²) in [6, 6.07) is 7.60. The monoisotopic (exact) mass is 425 g/mol. The first-order valence-corrected chi connectivity index (χ1v) is 10.1. The predicted octanol–water partition coefficient (Wildman–Crippen LogP) is -2.74. The van der Waals surface area contributed by atoms with Crippen molar-refractivity contribution in [2.75, 3.05) is 18.8 Å². The Morgan fingerprint density at radius 3 is 2.34 bits per heavy atom. The average molecular weight is 425 g/mol. The highest BCUT2D eigenvalue weighted by molar-refractivity contribution is 8.00. The molecule has 1 aromatic rings. The van der Waals surface area contributed by atoms with Gasteiger partial charge in [-0.3, -0.25) is 14.4 Å². The van der Waals surface area contributed by atoms with Crippen LogP contribution in [0.15, 0.2) is 30.3 Å². The van der Waals surface area contributed by atoms with Crippen LogP contribution in [0.4, 0.5) is 0 Å². The maximum Gasteiger partial charge on any atom is 0.255 e. The molecule has 1 aromatic carbocycles. The van der Waals surface area contributed by atoms with E-state index in [1.165, 1.54) is 0 Å². The fourth-order valence-corrected chi connectivity index (χ4v) is 4.76. The minimum atomic E-state index is -1.94. The Balaban J connectivity index is 1.56. The molecule has 2 heterocycles. The van der Waals surface area contributed by atoms with Gasteiger partial charge in [-0.1, -0.05) is 18.2 Å². The number of hydrogen-bond donors (Lipinski definition) is 6. The van der Waals surface area contributed by atoms with Gasteiger partial charge < -0.3 is 36.0 Å². The molecular weight excluding hydrogens is 402 g/mol. The van der Waals surface area contributed by atoms with E-state index in [1.807, 2.05) is 0 Å². The molecule has 0 spiro atoms. The summed E-state index contributed by atoms with van der Waals surface area (Å²) in [7, 11) is 0. The Hall–Kier alpha value is -2.18. The van der Waals surface area contributed by atoms with Crippen LogP contribution < -0.4 is 10.6 Å². The lowest BCUT2D eigenvalue weighted by Crippen LogP contribution is -2.54. The number of carbonyl (C=O) groups is 3. The summed E-state index contributed by atoms with van der Waals surface area (Å²) in [5, 5.41) is 44.2. The van der Waals surface area contributed by atoms with E-state index < -0.39 is 47.6 Å². The lowest BCUT2D eigenvalue weighted by Gasteiger charge is -2.29. The first-order valence-electron chi connectivity index (χ1n) is 9.10. The van der Waals surface area contributed by atoms with E-state index in [1.54, 1.807) is 30.3 Å². The van der Waals surface area contributed by atoms with Crippen molar-refractivity contribution in [2.24, 2.45) is 0 Å². The van der Waals surface area contributed by atoms with Crippen molar-refractivity contribution in [3.63, 3.8) is 0 Å². The summed E-state index contributed by atoms with van der Waals surface area (Å²) in [5.74, 6) is -1.58. The maximum absolute atomic E-state index is 12.5. The number of nitrogens with one attached hydrogen (secondary N) is 2. The molecule has 0 saturated carbocycles. The molecule has 2 fully saturated rings. The summed E-state index contributed by atoms with van der Waals surface area (Å²) < 4.78 is 0. The van der Waals surface area contributed by atoms with Gasteiger partial charge in [0.1, 0.15) is 29.7 Å². The van der Waals surface area contributed by atoms with Gasteiger partial charge in [-0.25, -0.2) is 0 Å². The van der Waals surface area contributed by atoms with Crippen molar-refractivity contribution in [3.05, 3.63) is 35.9 Å². The second kappa shape index (κ2) is 9.09. The predicted molar refractivity (Wildman–Crippen MR) is 103 cm³/mol. The average Bonchev–Trinajstić information content (AvgIpc) is 3.17. The lowest BCUT2D eigenvalue weighted by molar-refractivity contribution is -0.151. The Morgan fingerprint density at radius 2 is 1.66 bits per heavy atom. The highest BCUT2D eigenvalue weighted by Gasteiger charge is 2.53. The van der Waals surface area contributed by atoms with Crippen molar-refractivity contribution in [1.29, 1.82) is 0 Å². The third-order valence-corrected chi connectivity index (χ3v) is 6.26. The van der Waals surface area contributed by atoms with Crippen molar-refractivity contribution in [1.82, 2.24) is 15.5 Å². The first-order chi connectivity index (χ1) is 13.8. The Morgan fingerprint density at radius 1 is 1.00 bits per heavy atom. The van der Waals surface area contributed by atoms with Gasteiger partial charge in [0, 0.05) is 24.4 Å². The van der Waals surface area contributed by atoms with E-state index in [9.17, 15) is 34.8 Å². The molecule has 0 radical (unpaired) electrons. The van der Waals surface area contributed by atoms with E-state index in [-0.39, 0.29) is 24.7 Å². The lowest BCUT2D eigenvalue weighted by atomic mass is 10.1. The molecule has 10 nitrogen and oxygen atoms in total. The number of fused-ring (bicyclic) bond motifs is 1. The summed E-state index contributed by atoms with van der Waals surface area (Å²) in [5.41, 5.74) is 0.490. The number of rotatable bonds is 5. The number of aliphatic hydroxyl groups excluding tert-OH is 4. The first kappa shape index (κ1) is 21.5. The van der Waals surface area contributed by atoms with Crippen molar-refractivity contribution in [3.8, 4) is 0 Å². The van der Waals surface area contributed by atoms with Crippen LogP contribution in [0.1, 0.15) is 10.4 Å². The molecule has 29 heavy (non-hydrogen) atoms. The van der Waals surface area contributed by atoms with E-state index in [0.717, 1.165) is 16.7 Å². The molecule has 11 heteroatoms. The normalized spacial score (nSPS) is 31.7. The van der Waals surface area contributed by atoms with Gasteiger partial charge in [0.2, 0.25) is 5.91 Å². The molecule has 6 N–H and O–H groups in total. The van der Waals surface area contributed by atoms with Gasteiger partial charge in [0.25, 0.3) is 11.8 Å². The van der Waals surface area contributed by atoms with Gasteiger partial charge in [0.15, 0.2) is 6.10 Å². The van der Waals surface area contributed by atoms with Crippen LogP contribution in [-0.2, 0) is 9.59 Å². The molecule has 2 aliphatic rings. The number of hydrogen-bond acceptors (Lipinski definition) is 8. The molecule has 0 unspecified atom stereocenters. The van der Waals surface area contributed by atoms with Crippen LogP contribution in [0.2, 0.25) is 0 Å². The molecule has 0 bridgehead atoms. The van der Waals surface area contributed by atoms with Crippen LogP contribution in [-0.4, -0.2) is 97.7 Å². The maximum atomic E-state index is 12.5. The molecule has 3 rings (SSSR count). The van der Waals surface area contributed by atoms with Gasteiger partial charge >= 0.3 is 0 Å². The SMILES string of the molecule is O=C(NCCNC(=O)[C@@H]1CS[C@@H]2[C@H](O)[C@@H](O)[C@H](O)[C@H](O)C(=O)N21)c1ccccc1. The molecule has 2 saturated heterocycles. The van der Waals surface area contributed by atoms with Crippen molar-refractivity contribution in [2.45, 2.75) is 35.8 Å². The molecule has 6 atom stereocenters. The summed E-state index contributed by atoms with van der Waals surface area (Å²) in [6.07, 6.45) is -7.02. The van der Waals surface area contributed by atoms with Crippen LogP contribution in [0, 0.1) is 0 Å². The zero-order chi connectivity index (χ0) is 21.1. The van der Waals surface area contributed by atoms with E-state index in [2.05, 4.69) is 10.6 Å². The second-order valence-electron chi connectivity index (χ2n) is 6.81. The van der Waals surface area contributed by atoms with Crippen LogP contribution in [0.5, 0.6) is 0 Å². The summed E-state index contributed by atoms with van der Waals surface area (Å²) >= 11 is 1.08. The highest BCUT2D eigenvalue weighted by Crippen LogP contribution is 2.36. The van der Waals surface area contributed by atoms with Crippen LogP contribution in [0.3, 0.4) is 0 Å². The van der Waals surface area contributed by atoms with E-state index >= 15 is 0 Å². The zero-order valence-electron chi connectivity index (χ0n) is 15.3. The van der Waals surface area contributed by atoms with Crippen LogP contribution >= 0.6 is 11.8 Å². The third-order valence-electron chi connectivity index (χ3n) is 4.91. The number of carbonyl (C=O) groups excluding carboxylic acids is 3. The van der Waals surface area contributed by atoms with E-state index in [4.69, 9.17) is 0 Å². The van der Waals surface area contributed by atoms with Crippen molar-refractivity contribution >= 4 is 29.5 Å². The number of benzene rings is 1. The number of thioether (sulfide) groups is 1. The van der Waals surface area contributed by atoms with Gasteiger partial charge in [-0.2, -0.15) is 0 Å². The molecule has 3 amide bonds. The van der Waals surface area contributed by atoms with Crippen molar-refractivity contribution < 1.29 is 34.8 Å². The smallest absolute Gasteiger partial charge is 0.255 e. The topological polar surface area (TPSA) is 159 Å². The number of aliphatic hydroxyl groups is 4. The Kier molecular flexibility index (Phi) is 6.75. The number of nitrogens with zero attached hydrogens (tertiary/aromatic N) is 1. The molecule has 0 aliphatic carbocycles. The summed E-state index contributed by atoms with van der Waals surface area (Å²) in [6.45, 7) is 0.279. The Labute approximate surface area is 170 Å². The quantitative estimate of drug-likeness (QED) is 0.277. The zero-order valence-corrected chi connectivity index (χ0v) is 16.2. The summed E-state index contributed by atoms with van der Waals surface area (Å²) in [4.78, 5) is 38.0. The molecule has 0 aromatic heterocycles. The Bertz CT molecular complexity index is 765. The van der Waals surface area contributed by atoms with Gasteiger partial charge in [0.05, 0.1) is 0 Å². The molecular formula is C18H23N3O7S. The van der Waals surface area contributed by atoms with Crippen LogP contribution in [0.25, 0.3) is 0 Å². The standard InChI is InChI=1S/C18H23N3O7S/c22-11-12(23)14(25)18-21(17(28)13(11)24)10(8-29-18)16(27)20-7-6-19-15(26)9-4-2-1-3-5-9/h1-5,10-14,18,22-25H,6-8H2,(H,19,26)(H,20,27)/t10-,11-,12-,13-,14+,18+/m0/s1. The van der Waals surface area contributed by atoms with Gasteiger partial charge in [-0.05, 0) is 12.1 Å². The molecule has 158 valence electrons.